The minimum Gasteiger partial charge on any atom is -0.496 e. The Labute approximate surface area is 102 Å². The molecular formula is C13H19NO3. The van der Waals surface area contributed by atoms with Gasteiger partial charge in [-0.15, -0.1) is 0 Å². The molecule has 0 bridgehead atoms. The Morgan fingerprint density at radius 3 is 2.41 bits per heavy atom. The molecule has 0 aliphatic carbocycles. The third-order valence-corrected chi connectivity index (χ3v) is 2.71. The van der Waals surface area contributed by atoms with Crippen molar-refractivity contribution in [3.05, 3.63) is 29.3 Å². The maximum absolute atomic E-state index is 11.5. The van der Waals surface area contributed by atoms with Gasteiger partial charge >= 0.3 is 5.97 Å². The average Bonchev–Trinajstić information content (AvgIpc) is 2.35. The number of nitrogens with two attached hydrogens (primary N) is 1. The number of benzene rings is 1. The summed E-state index contributed by atoms with van der Waals surface area (Å²) in [5.41, 5.74) is 7.61. The molecule has 94 valence electrons. The Kier molecular flexibility index (Phi) is 4.52. The van der Waals surface area contributed by atoms with E-state index in [0.717, 1.165) is 5.56 Å². The minimum atomic E-state index is -0.811. The molecule has 1 aromatic rings. The fraction of sp³-hybridized carbons (Fsp3) is 0.462. The zero-order chi connectivity index (χ0) is 13.0. The van der Waals surface area contributed by atoms with Gasteiger partial charge in [-0.3, -0.25) is 4.79 Å². The molecule has 1 rings (SSSR count). The average molecular weight is 237 g/mol. The highest BCUT2D eigenvalue weighted by atomic mass is 16.5. The third kappa shape index (κ3) is 2.97. The lowest BCUT2D eigenvalue weighted by molar-refractivity contribution is -0.142. The molecule has 1 aromatic carbocycles. The van der Waals surface area contributed by atoms with Gasteiger partial charge in [0.15, 0.2) is 0 Å². The first-order chi connectivity index (χ1) is 8.01. The van der Waals surface area contributed by atoms with E-state index in [1.807, 2.05) is 18.2 Å². The van der Waals surface area contributed by atoms with Crippen LogP contribution in [0.1, 0.15) is 36.9 Å². The van der Waals surface area contributed by atoms with Crippen LogP contribution < -0.4 is 10.5 Å². The van der Waals surface area contributed by atoms with E-state index < -0.39 is 12.0 Å². The van der Waals surface area contributed by atoms with E-state index in [4.69, 9.17) is 10.5 Å². The number of rotatable bonds is 4. The van der Waals surface area contributed by atoms with Crippen molar-refractivity contribution in [1.29, 1.82) is 0 Å². The van der Waals surface area contributed by atoms with Crippen molar-refractivity contribution in [1.82, 2.24) is 0 Å². The Bertz CT molecular complexity index is 402. The normalized spacial score (nSPS) is 12.4. The van der Waals surface area contributed by atoms with Crippen molar-refractivity contribution in [3.63, 3.8) is 0 Å². The maximum Gasteiger partial charge on any atom is 0.327 e. The van der Waals surface area contributed by atoms with Gasteiger partial charge in [-0.05, 0) is 23.6 Å². The summed E-state index contributed by atoms with van der Waals surface area (Å²) in [5, 5.41) is 0. The predicted octanol–water partition coefficient (Wildman–Crippen LogP) is 1.99. The van der Waals surface area contributed by atoms with Crippen molar-refractivity contribution in [2.75, 3.05) is 14.2 Å². The van der Waals surface area contributed by atoms with Crippen molar-refractivity contribution in [2.45, 2.75) is 25.8 Å². The van der Waals surface area contributed by atoms with Crippen LogP contribution in [0.15, 0.2) is 18.2 Å². The van der Waals surface area contributed by atoms with Crippen LogP contribution >= 0.6 is 0 Å². The number of esters is 1. The highest BCUT2D eigenvalue weighted by Gasteiger charge is 2.21. The zero-order valence-corrected chi connectivity index (χ0v) is 10.7. The van der Waals surface area contributed by atoms with Crippen molar-refractivity contribution < 1.29 is 14.3 Å². The first kappa shape index (κ1) is 13.5. The lowest BCUT2D eigenvalue weighted by Crippen LogP contribution is -2.23. The van der Waals surface area contributed by atoms with Crippen molar-refractivity contribution in [2.24, 2.45) is 5.73 Å². The van der Waals surface area contributed by atoms with Crippen LogP contribution in [-0.2, 0) is 9.53 Å². The topological polar surface area (TPSA) is 61.5 Å². The summed E-state index contributed by atoms with van der Waals surface area (Å²) in [7, 11) is 2.87. The van der Waals surface area contributed by atoms with Crippen LogP contribution in [0, 0.1) is 0 Å². The van der Waals surface area contributed by atoms with Gasteiger partial charge in [0.2, 0.25) is 0 Å². The molecule has 0 aliphatic heterocycles. The Balaban J connectivity index is 3.18. The van der Waals surface area contributed by atoms with E-state index in [1.54, 1.807) is 7.11 Å². The number of carbonyl (C=O) groups excluding carboxylic acids is 1. The van der Waals surface area contributed by atoms with E-state index in [2.05, 4.69) is 18.6 Å². The van der Waals surface area contributed by atoms with Crippen LogP contribution in [0.5, 0.6) is 5.75 Å². The summed E-state index contributed by atoms with van der Waals surface area (Å²) >= 11 is 0. The van der Waals surface area contributed by atoms with E-state index in [9.17, 15) is 4.79 Å². The highest BCUT2D eigenvalue weighted by Crippen LogP contribution is 2.28. The quantitative estimate of drug-likeness (QED) is 0.813. The molecule has 0 spiro atoms. The largest absolute Gasteiger partial charge is 0.496 e. The smallest absolute Gasteiger partial charge is 0.327 e. The fourth-order valence-corrected chi connectivity index (χ4v) is 1.61. The number of ether oxygens (including phenoxy) is 2. The lowest BCUT2D eigenvalue weighted by Gasteiger charge is -2.16. The van der Waals surface area contributed by atoms with Crippen LogP contribution in [0.25, 0.3) is 0 Å². The Hall–Kier alpha value is -1.55. The number of hydrogen-bond donors (Lipinski definition) is 1. The molecular weight excluding hydrogens is 218 g/mol. The summed E-state index contributed by atoms with van der Waals surface area (Å²) in [4.78, 5) is 11.5. The van der Waals surface area contributed by atoms with Crippen LogP contribution in [0.4, 0.5) is 0 Å². The number of carbonyl (C=O) groups is 1. The summed E-state index contributed by atoms with van der Waals surface area (Å²) in [5.74, 6) is 0.501. The molecule has 4 heteroatoms. The third-order valence-electron chi connectivity index (χ3n) is 2.71. The molecule has 0 aliphatic rings. The molecule has 4 nitrogen and oxygen atoms in total. The second kappa shape index (κ2) is 5.68. The van der Waals surface area contributed by atoms with Gasteiger partial charge in [0.25, 0.3) is 0 Å². The summed E-state index contributed by atoms with van der Waals surface area (Å²) < 4.78 is 9.85. The first-order valence-electron chi connectivity index (χ1n) is 5.52. The minimum absolute atomic E-state index is 0.365. The van der Waals surface area contributed by atoms with Crippen LogP contribution in [0.2, 0.25) is 0 Å². The molecule has 2 N–H and O–H groups in total. The van der Waals surface area contributed by atoms with Gasteiger partial charge in [0.05, 0.1) is 14.2 Å². The second-order valence-electron chi connectivity index (χ2n) is 4.16. The number of methoxy groups -OCH3 is 2. The van der Waals surface area contributed by atoms with Gasteiger partial charge in [-0.2, -0.15) is 0 Å². The van der Waals surface area contributed by atoms with Crippen LogP contribution in [0.3, 0.4) is 0 Å². The molecule has 0 aromatic heterocycles. The van der Waals surface area contributed by atoms with Gasteiger partial charge in [-0.25, -0.2) is 0 Å². The highest BCUT2D eigenvalue weighted by molar-refractivity contribution is 5.78. The summed E-state index contributed by atoms with van der Waals surface area (Å²) in [6, 6.07) is 4.88. The monoisotopic (exact) mass is 237 g/mol. The standard InChI is InChI=1S/C13H19NO3/c1-8(2)9-5-6-11(16-3)10(7-9)12(14)13(15)17-4/h5-8,12H,14H2,1-4H3/t12-/m1/s1. The van der Waals surface area contributed by atoms with E-state index >= 15 is 0 Å². The molecule has 0 unspecified atom stereocenters. The zero-order valence-electron chi connectivity index (χ0n) is 10.7. The molecule has 0 radical (unpaired) electrons. The molecule has 17 heavy (non-hydrogen) atoms. The maximum atomic E-state index is 11.5. The lowest BCUT2D eigenvalue weighted by atomic mass is 9.97. The summed E-state index contributed by atoms with van der Waals surface area (Å²) in [6.07, 6.45) is 0. The SMILES string of the molecule is COC(=O)[C@H](N)c1cc(C(C)C)ccc1OC. The Morgan fingerprint density at radius 1 is 1.29 bits per heavy atom. The van der Waals surface area contributed by atoms with E-state index in [-0.39, 0.29) is 0 Å². The molecule has 0 saturated heterocycles. The molecule has 0 amide bonds. The van der Waals surface area contributed by atoms with Crippen molar-refractivity contribution in [3.8, 4) is 5.75 Å². The molecule has 0 saturated carbocycles. The molecule has 1 atom stereocenters. The predicted molar refractivity (Wildman–Crippen MR) is 66.0 cm³/mol. The number of hydrogen-bond acceptors (Lipinski definition) is 4. The van der Waals surface area contributed by atoms with Gasteiger partial charge in [0, 0.05) is 5.56 Å². The van der Waals surface area contributed by atoms with E-state index in [0.29, 0.717) is 17.2 Å². The molecule has 0 heterocycles. The second-order valence-corrected chi connectivity index (χ2v) is 4.16. The Morgan fingerprint density at radius 2 is 1.94 bits per heavy atom. The van der Waals surface area contributed by atoms with Gasteiger partial charge < -0.3 is 15.2 Å². The van der Waals surface area contributed by atoms with Crippen LogP contribution in [-0.4, -0.2) is 20.2 Å². The fourth-order valence-electron chi connectivity index (χ4n) is 1.61. The van der Waals surface area contributed by atoms with Crippen molar-refractivity contribution >= 4 is 5.97 Å². The van der Waals surface area contributed by atoms with Gasteiger partial charge in [0.1, 0.15) is 11.8 Å². The summed E-state index contributed by atoms with van der Waals surface area (Å²) in [6.45, 7) is 4.16. The van der Waals surface area contributed by atoms with Gasteiger partial charge in [-0.1, -0.05) is 19.9 Å². The first-order valence-corrected chi connectivity index (χ1v) is 5.52. The van der Waals surface area contributed by atoms with E-state index in [1.165, 1.54) is 7.11 Å². The molecule has 0 fully saturated rings.